The molecule has 42 heavy (non-hydrogen) atoms. The summed E-state index contributed by atoms with van der Waals surface area (Å²) in [6.07, 6.45) is 0.252. The Morgan fingerprint density at radius 3 is 2.33 bits per heavy atom. The zero-order valence-electron chi connectivity index (χ0n) is 23.1. The number of carboxylic acids is 1. The van der Waals surface area contributed by atoms with Crippen molar-refractivity contribution in [2.75, 3.05) is 36.6 Å². The van der Waals surface area contributed by atoms with Crippen molar-refractivity contribution in [3.05, 3.63) is 65.4 Å². The first kappa shape index (κ1) is 30.5. The number of alkyl halides is 3. The van der Waals surface area contributed by atoms with Gasteiger partial charge in [0.05, 0.1) is 17.5 Å². The predicted molar refractivity (Wildman–Crippen MR) is 146 cm³/mol. The highest BCUT2D eigenvalue weighted by Crippen LogP contribution is 2.34. The van der Waals surface area contributed by atoms with Crippen molar-refractivity contribution in [2.45, 2.75) is 44.3 Å². The number of nitrogens with zero attached hydrogens (tertiary/aromatic N) is 3. The monoisotopic (exact) mass is 589 g/mol. The molecular weight excluding hydrogens is 557 g/mol. The van der Waals surface area contributed by atoms with Crippen LogP contribution >= 0.6 is 0 Å². The van der Waals surface area contributed by atoms with Gasteiger partial charge in [0, 0.05) is 30.8 Å². The highest BCUT2D eigenvalue weighted by atomic mass is 19.4. The first-order valence-electron chi connectivity index (χ1n) is 13.3. The van der Waals surface area contributed by atoms with Gasteiger partial charge in [0.2, 0.25) is 11.2 Å². The molecule has 0 unspecified atom stereocenters. The lowest BCUT2D eigenvalue weighted by molar-refractivity contribution is -0.787. The van der Waals surface area contributed by atoms with Crippen LogP contribution in [0.15, 0.2) is 53.2 Å². The average molecular weight is 590 g/mol. The zero-order chi connectivity index (χ0) is 30.4. The van der Waals surface area contributed by atoms with Crippen molar-refractivity contribution in [3.8, 4) is 0 Å². The van der Waals surface area contributed by atoms with Gasteiger partial charge in [-0.1, -0.05) is 18.2 Å². The van der Waals surface area contributed by atoms with Gasteiger partial charge >= 0.3 is 24.1 Å². The molecule has 2 aromatic carbocycles. The van der Waals surface area contributed by atoms with Crippen LogP contribution in [0.3, 0.4) is 0 Å². The second kappa shape index (κ2) is 13.0. The minimum atomic E-state index is -4.77. The van der Waals surface area contributed by atoms with E-state index in [0.29, 0.717) is 5.92 Å². The van der Waals surface area contributed by atoms with Crippen LogP contribution in [-0.2, 0) is 17.4 Å². The highest BCUT2D eigenvalue weighted by molar-refractivity contribution is 6.00. The van der Waals surface area contributed by atoms with Gasteiger partial charge in [-0.05, 0) is 67.4 Å². The molecule has 0 atom stereocenters. The van der Waals surface area contributed by atoms with E-state index in [2.05, 4.69) is 26.1 Å². The third-order valence-corrected chi connectivity index (χ3v) is 6.93. The number of amides is 3. The summed E-state index contributed by atoms with van der Waals surface area (Å²) < 4.78 is 47.6. The fourth-order valence-corrected chi connectivity index (χ4v) is 5.07. The average Bonchev–Trinajstić information content (AvgIpc) is 3.36. The molecule has 0 bridgehead atoms. The first-order chi connectivity index (χ1) is 19.9. The molecule has 1 aliphatic rings. The van der Waals surface area contributed by atoms with Gasteiger partial charge in [-0.15, -0.1) is 0 Å². The van der Waals surface area contributed by atoms with E-state index >= 15 is 0 Å². The lowest BCUT2D eigenvalue weighted by Crippen LogP contribution is -2.43. The smallest absolute Gasteiger partial charge is 0.416 e. The maximum atomic E-state index is 13.6. The van der Waals surface area contributed by atoms with E-state index in [1.54, 1.807) is 10.7 Å². The SMILES string of the molecule is CN(C)CC1CCC([n+]2cc(NC(=O)Nc3cc(NC(=O)Cc4ccccc4C(=O)O)cc(C(F)(F)F)c3)on2)CC1. The number of nitrogens with one attached hydrogen (secondary N) is 3. The Bertz CT molecular complexity index is 1430. The molecule has 1 heterocycles. The normalized spacial score (nSPS) is 17.1. The Hall–Kier alpha value is -4.46. The Morgan fingerprint density at radius 1 is 1.02 bits per heavy atom. The number of halogens is 3. The van der Waals surface area contributed by atoms with Gasteiger partial charge in [0.15, 0.2) is 6.04 Å². The molecule has 3 amide bonds. The number of carbonyl (C=O) groups is 3. The summed E-state index contributed by atoms with van der Waals surface area (Å²) in [6, 6.07) is 7.64. The number of hydrogen-bond donors (Lipinski definition) is 4. The minimum absolute atomic E-state index is 0.0144. The highest BCUT2D eigenvalue weighted by Gasteiger charge is 2.33. The third-order valence-electron chi connectivity index (χ3n) is 6.93. The quantitative estimate of drug-likeness (QED) is 0.263. The van der Waals surface area contributed by atoms with Crippen molar-refractivity contribution < 1.29 is 41.9 Å². The van der Waals surface area contributed by atoms with Crippen LogP contribution in [0.4, 0.5) is 35.2 Å². The van der Waals surface area contributed by atoms with Crippen molar-refractivity contribution in [2.24, 2.45) is 5.92 Å². The second-order valence-electron chi connectivity index (χ2n) is 10.5. The number of aromatic carboxylic acids is 1. The standard InChI is InChI=1S/C28H31F3N6O5/c1-36(2)15-17-7-9-22(10-8-17)37-16-25(42-35-37)34-27(41)33-21-13-19(28(29,30)31)12-20(14-21)32-24(38)11-18-5-3-4-6-23(18)26(39)40/h3-6,12-14,16-17,22H,7-11,15H2,1-2H3,(H3-,32,33,34,35,38,39,40,41)/p+1. The molecule has 11 nitrogen and oxygen atoms in total. The molecule has 1 fully saturated rings. The predicted octanol–water partition coefficient (Wildman–Crippen LogP) is 4.80. The van der Waals surface area contributed by atoms with Gasteiger partial charge < -0.3 is 20.6 Å². The van der Waals surface area contributed by atoms with Crippen molar-refractivity contribution in [1.82, 2.24) is 10.2 Å². The number of benzene rings is 2. The Kier molecular flexibility index (Phi) is 9.45. The van der Waals surface area contributed by atoms with Crippen LogP contribution < -0.4 is 20.6 Å². The van der Waals surface area contributed by atoms with E-state index in [9.17, 15) is 32.7 Å². The summed E-state index contributed by atoms with van der Waals surface area (Å²) in [7, 11) is 4.09. The number of hydrogen-bond acceptors (Lipinski definition) is 6. The molecule has 0 aliphatic heterocycles. The van der Waals surface area contributed by atoms with E-state index in [1.165, 1.54) is 24.4 Å². The number of anilines is 3. The van der Waals surface area contributed by atoms with Crippen molar-refractivity contribution in [1.29, 1.82) is 0 Å². The van der Waals surface area contributed by atoms with Crippen LogP contribution in [0.2, 0.25) is 0 Å². The summed E-state index contributed by atoms with van der Waals surface area (Å²) in [5, 5.41) is 20.4. The van der Waals surface area contributed by atoms with Gasteiger partial charge in [-0.2, -0.15) is 13.2 Å². The number of aromatic nitrogens is 2. The fraction of sp³-hybridized carbons (Fsp3) is 0.393. The van der Waals surface area contributed by atoms with Crippen molar-refractivity contribution in [3.63, 3.8) is 0 Å². The lowest BCUT2D eigenvalue weighted by Gasteiger charge is -2.26. The maximum Gasteiger partial charge on any atom is 0.416 e. The molecule has 4 rings (SSSR count). The molecule has 3 aromatic rings. The largest absolute Gasteiger partial charge is 0.478 e. The molecular formula is C28H32F3N6O5+. The van der Waals surface area contributed by atoms with Crippen molar-refractivity contribution >= 4 is 35.2 Å². The topological polar surface area (TPSA) is 141 Å². The Labute approximate surface area is 239 Å². The van der Waals surface area contributed by atoms with E-state index in [4.69, 9.17) is 4.52 Å². The lowest BCUT2D eigenvalue weighted by atomic mass is 9.86. The van der Waals surface area contributed by atoms with Gasteiger partial charge in [0.1, 0.15) is 0 Å². The van der Waals surface area contributed by atoms with Crippen LogP contribution in [0.25, 0.3) is 0 Å². The molecule has 0 saturated heterocycles. The van der Waals surface area contributed by atoms with Crippen LogP contribution in [0.5, 0.6) is 0 Å². The van der Waals surface area contributed by atoms with Gasteiger partial charge in [0.25, 0.3) is 6.20 Å². The van der Waals surface area contributed by atoms with Gasteiger partial charge in [-0.3, -0.25) is 14.6 Å². The van der Waals surface area contributed by atoms with E-state index < -0.39 is 29.6 Å². The number of urea groups is 1. The summed E-state index contributed by atoms with van der Waals surface area (Å²) in [4.78, 5) is 38.8. The Morgan fingerprint density at radius 2 is 1.69 bits per heavy atom. The molecule has 14 heteroatoms. The molecule has 4 N–H and O–H groups in total. The summed E-state index contributed by atoms with van der Waals surface area (Å²) >= 11 is 0. The van der Waals surface area contributed by atoms with Crippen LogP contribution in [-0.4, -0.2) is 53.8 Å². The van der Waals surface area contributed by atoms with E-state index in [1.807, 2.05) is 14.1 Å². The summed E-state index contributed by atoms with van der Waals surface area (Å²) in [5.74, 6) is -1.35. The van der Waals surface area contributed by atoms with E-state index in [-0.39, 0.29) is 40.8 Å². The summed E-state index contributed by atoms with van der Waals surface area (Å²) in [6.45, 7) is 1.02. The number of carbonyl (C=O) groups excluding carboxylic acids is 2. The minimum Gasteiger partial charge on any atom is -0.478 e. The maximum absolute atomic E-state index is 13.6. The van der Waals surface area contributed by atoms with Crippen LogP contribution in [0, 0.1) is 5.92 Å². The van der Waals surface area contributed by atoms with Gasteiger partial charge in [-0.25, -0.2) is 9.59 Å². The zero-order valence-corrected chi connectivity index (χ0v) is 23.1. The molecule has 224 valence electrons. The van der Waals surface area contributed by atoms with E-state index in [0.717, 1.165) is 50.4 Å². The molecule has 0 radical (unpaired) electrons. The molecule has 1 aliphatic carbocycles. The third kappa shape index (κ3) is 8.28. The second-order valence-corrected chi connectivity index (χ2v) is 10.5. The fourth-order valence-electron chi connectivity index (χ4n) is 5.07. The molecule has 0 spiro atoms. The Balaban J connectivity index is 1.40. The first-order valence-corrected chi connectivity index (χ1v) is 13.3. The number of rotatable bonds is 9. The molecule has 1 saturated carbocycles. The molecule has 1 aromatic heterocycles. The van der Waals surface area contributed by atoms with Crippen LogP contribution in [0.1, 0.15) is 53.2 Å². The summed E-state index contributed by atoms with van der Waals surface area (Å²) in [5.41, 5.74) is -1.49. The number of carboxylic acid groups (broad SMARTS) is 1.